The number of amides is 1. The molecule has 160 valence electrons. The number of piperazine rings is 1. The Labute approximate surface area is 181 Å². The van der Waals surface area contributed by atoms with Crippen LogP contribution < -0.4 is 14.4 Å². The fraction of sp³-hybridized carbons (Fsp3) is 0.304. The van der Waals surface area contributed by atoms with Gasteiger partial charge in [-0.05, 0) is 48.9 Å². The van der Waals surface area contributed by atoms with Gasteiger partial charge in [0.2, 0.25) is 5.95 Å². The van der Waals surface area contributed by atoms with Crippen LogP contribution in [0.25, 0.3) is 0 Å². The first-order valence-electron chi connectivity index (χ1n) is 10.3. The van der Waals surface area contributed by atoms with Crippen LogP contribution >= 0.6 is 0 Å². The van der Waals surface area contributed by atoms with E-state index in [1.807, 2.05) is 24.0 Å². The highest BCUT2D eigenvalue weighted by Gasteiger charge is 2.24. The fourth-order valence-corrected chi connectivity index (χ4v) is 3.42. The number of carbonyl (C=O) groups excluding carboxylic acids is 1. The molecule has 4 rings (SSSR count). The molecule has 0 spiro atoms. The van der Waals surface area contributed by atoms with Crippen molar-refractivity contribution in [2.45, 2.75) is 13.5 Å². The Balaban J connectivity index is 1.41. The van der Waals surface area contributed by atoms with Crippen molar-refractivity contribution in [3.05, 3.63) is 72.3 Å². The van der Waals surface area contributed by atoms with E-state index in [4.69, 9.17) is 9.47 Å². The minimum Gasteiger partial charge on any atom is -0.490 e. The Kier molecular flexibility index (Phi) is 6.56. The van der Waals surface area contributed by atoms with Crippen molar-refractivity contribution in [3.63, 3.8) is 0 Å². The summed E-state index contributed by atoms with van der Waals surface area (Å²) < 4.78 is 11.7. The lowest BCUT2D eigenvalue weighted by Gasteiger charge is -2.34. The summed E-state index contributed by atoms with van der Waals surface area (Å²) in [4.78, 5) is 29.6. The van der Waals surface area contributed by atoms with E-state index in [2.05, 4.69) is 19.9 Å². The fourth-order valence-electron chi connectivity index (χ4n) is 3.42. The molecule has 8 nitrogen and oxygen atoms in total. The van der Waals surface area contributed by atoms with Crippen LogP contribution in [-0.4, -0.2) is 58.5 Å². The lowest BCUT2D eigenvalue weighted by Crippen LogP contribution is -2.49. The van der Waals surface area contributed by atoms with Gasteiger partial charge < -0.3 is 19.3 Å². The molecular weight excluding hydrogens is 394 g/mol. The molecular formula is C23H25N5O3. The van der Waals surface area contributed by atoms with Gasteiger partial charge in [0.1, 0.15) is 6.61 Å². The molecule has 1 fully saturated rings. The van der Waals surface area contributed by atoms with Crippen molar-refractivity contribution in [1.29, 1.82) is 0 Å². The molecule has 0 unspecified atom stereocenters. The second-order valence-electron chi connectivity index (χ2n) is 7.07. The third-order valence-corrected chi connectivity index (χ3v) is 5.04. The smallest absolute Gasteiger partial charge is 0.254 e. The van der Waals surface area contributed by atoms with Crippen LogP contribution in [0.1, 0.15) is 22.8 Å². The van der Waals surface area contributed by atoms with Gasteiger partial charge in [-0.25, -0.2) is 9.97 Å². The number of nitrogens with zero attached hydrogens (tertiary/aromatic N) is 5. The highest BCUT2D eigenvalue weighted by Crippen LogP contribution is 2.30. The minimum absolute atomic E-state index is 0.0183. The van der Waals surface area contributed by atoms with Gasteiger partial charge in [0.05, 0.1) is 6.61 Å². The molecule has 0 N–H and O–H groups in total. The second-order valence-corrected chi connectivity index (χ2v) is 7.07. The first-order valence-corrected chi connectivity index (χ1v) is 10.3. The molecule has 8 heteroatoms. The lowest BCUT2D eigenvalue weighted by molar-refractivity contribution is 0.0745. The van der Waals surface area contributed by atoms with Gasteiger partial charge >= 0.3 is 0 Å². The number of carbonyl (C=O) groups is 1. The Hall–Kier alpha value is -3.68. The SMILES string of the molecule is CCOc1cc(C(=O)N2CCN(c3ncccn3)CC2)ccc1OCc1ccncc1. The quantitative estimate of drug-likeness (QED) is 0.582. The van der Waals surface area contributed by atoms with E-state index in [0.717, 1.165) is 5.56 Å². The summed E-state index contributed by atoms with van der Waals surface area (Å²) in [6.07, 6.45) is 6.92. The largest absolute Gasteiger partial charge is 0.490 e. The molecule has 1 saturated heterocycles. The average Bonchev–Trinajstić information content (AvgIpc) is 2.84. The van der Waals surface area contributed by atoms with Crippen LogP contribution in [-0.2, 0) is 6.61 Å². The third kappa shape index (κ3) is 5.09. The average molecular weight is 419 g/mol. The highest BCUT2D eigenvalue weighted by atomic mass is 16.5. The molecule has 0 aliphatic carbocycles. The van der Waals surface area contributed by atoms with Gasteiger partial charge in [0.25, 0.3) is 5.91 Å². The van der Waals surface area contributed by atoms with Gasteiger partial charge in [0, 0.05) is 56.5 Å². The van der Waals surface area contributed by atoms with Crippen LogP contribution in [0, 0.1) is 0 Å². The van der Waals surface area contributed by atoms with Crippen molar-refractivity contribution in [2.24, 2.45) is 0 Å². The van der Waals surface area contributed by atoms with Crippen LogP contribution in [0.4, 0.5) is 5.95 Å². The monoisotopic (exact) mass is 419 g/mol. The molecule has 0 saturated carbocycles. The van der Waals surface area contributed by atoms with E-state index in [-0.39, 0.29) is 5.91 Å². The lowest BCUT2D eigenvalue weighted by atomic mass is 10.1. The van der Waals surface area contributed by atoms with Crippen molar-refractivity contribution < 1.29 is 14.3 Å². The number of ether oxygens (including phenoxy) is 2. The number of anilines is 1. The summed E-state index contributed by atoms with van der Waals surface area (Å²) in [6.45, 7) is 5.41. The summed E-state index contributed by atoms with van der Waals surface area (Å²) in [6, 6.07) is 11.0. The topological polar surface area (TPSA) is 80.7 Å². The number of aromatic nitrogens is 3. The van der Waals surface area contributed by atoms with Gasteiger partial charge in [-0.3, -0.25) is 9.78 Å². The molecule has 2 aromatic heterocycles. The molecule has 3 aromatic rings. The first-order chi connectivity index (χ1) is 15.2. The van der Waals surface area contributed by atoms with Crippen molar-refractivity contribution in [1.82, 2.24) is 19.9 Å². The maximum atomic E-state index is 13.1. The maximum absolute atomic E-state index is 13.1. The van der Waals surface area contributed by atoms with E-state index in [9.17, 15) is 4.79 Å². The molecule has 0 radical (unpaired) electrons. The van der Waals surface area contributed by atoms with E-state index in [1.165, 1.54) is 0 Å². The van der Waals surface area contributed by atoms with E-state index in [1.54, 1.807) is 49.1 Å². The summed E-state index contributed by atoms with van der Waals surface area (Å²) in [7, 11) is 0. The molecule has 0 atom stereocenters. The van der Waals surface area contributed by atoms with Crippen LogP contribution in [0.3, 0.4) is 0 Å². The normalized spacial score (nSPS) is 13.7. The van der Waals surface area contributed by atoms with Crippen molar-refractivity contribution in [2.75, 3.05) is 37.7 Å². The Morgan fingerprint density at radius 1 is 0.935 bits per heavy atom. The first kappa shape index (κ1) is 20.6. The van der Waals surface area contributed by atoms with E-state index in [0.29, 0.717) is 62.4 Å². The number of rotatable bonds is 7. The molecule has 1 amide bonds. The number of hydrogen-bond acceptors (Lipinski definition) is 7. The van der Waals surface area contributed by atoms with Crippen molar-refractivity contribution in [3.8, 4) is 11.5 Å². The summed E-state index contributed by atoms with van der Waals surface area (Å²) >= 11 is 0. The van der Waals surface area contributed by atoms with Gasteiger partial charge in [0.15, 0.2) is 11.5 Å². The van der Waals surface area contributed by atoms with E-state index >= 15 is 0 Å². The van der Waals surface area contributed by atoms with Gasteiger partial charge in [-0.15, -0.1) is 0 Å². The number of hydrogen-bond donors (Lipinski definition) is 0. The molecule has 0 bridgehead atoms. The van der Waals surface area contributed by atoms with Crippen LogP contribution in [0.5, 0.6) is 11.5 Å². The zero-order valence-corrected chi connectivity index (χ0v) is 17.5. The molecule has 31 heavy (non-hydrogen) atoms. The number of pyridine rings is 1. The molecule has 3 heterocycles. The Bertz CT molecular complexity index is 993. The Morgan fingerprint density at radius 2 is 1.68 bits per heavy atom. The maximum Gasteiger partial charge on any atom is 0.254 e. The second kappa shape index (κ2) is 9.88. The van der Waals surface area contributed by atoms with Crippen LogP contribution in [0.15, 0.2) is 61.2 Å². The highest BCUT2D eigenvalue weighted by molar-refractivity contribution is 5.95. The predicted molar refractivity (Wildman–Crippen MR) is 116 cm³/mol. The summed E-state index contributed by atoms with van der Waals surface area (Å²) in [5.41, 5.74) is 1.60. The van der Waals surface area contributed by atoms with Gasteiger partial charge in [-0.2, -0.15) is 0 Å². The zero-order valence-electron chi connectivity index (χ0n) is 17.5. The zero-order chi connectivity index (χ0) is 21.5. The Morgan fingerprint density at radius 3 is 2.39 bits per heavy atom. The number of benzene rings is 1. The van der Waals surface area contributed by atoms with Crippen LogP contribution in [0.2, 0.25) is 0 Å². The molecule has 1 aliphatic heterocycles. The van der Waals surface area contributed by atoms with Gasteiger partial charge in [-0.1, -0.05) is 0 Å². The standard InChI is InChI=1S/C23H25N5O3/c1-2-30-21-16-19(4-5-20(21)31-17-18-6-10-24-11-7-18)22(29)27-12-14-28(15-13-27)23-25-8-3-9-26-23/h3-11,16H,2,12-15,17H2,1H3. The summed E-state index contributed by atoms with van der Waals surface area (Å²) in [5, 5.41) is 0. The summed E-state index contributed by atoms with van der Waals surface area (Å²) in [5.74, 6) is 1.86. The minimum atomic E-state index is -0.0183. The molecule has 1 aromatic carbocycles. The predicted octanol–water partition coefficient (Wildman–Crippen LogP) is 2.81. The molecule has 1 aliphatic rings. The third-order valence-electron chi connectivity index (χ3n) is 5.04. The van der Waals surface area contributed by atoms with Crippen molar-refractivity contribution >= 4 is 11.9 Å². The van der Waals surface area contributed by atoms with E-state index < -0.39 is 0 Å².